The van der Waals surface area contributed by atoms with E-state index in [4.69, 9.17) is 4.74 Å². The van der Waals surface area contributed by atoms with Crippen LogP contribution in [0.1, 0.15) is 51.0 Å². The highest BCUT2D eigenvalue weighted by Gasteiger charge is 2.23. The molecule has 0 bridgehead atoms. The summed E-state index contributed by atoms with van der Waals surface area (Å²) in [4.78, 5) is 27.2. The third-order valence-corrected chi connectivity index (χ3v) is 4.12. The Morgan fingerprint density at radius 2 is 2.00 bits per heavy atom. The standard InChI is InChI=1S/C14H18N4O3S/c1-5-9-17-18-14(22-9)16-12(19)11-7(3)10(8(4)15-11)13(20)21-6-2/h15H,5-6H2,1-4H3,(H,16,18,19). The summed E-state index contributed by atoms with van der Waals surface area (Å²) in [5, 5.41) is 11.8. The van der Waals surface area contributed by atoms with Crippen LogP contribution in [0.15, 0.2) is 0 Å². The molecule has 2 aromatic heterocycles. The first-order valence-corrected chi connectivity index (χ1v) is 7.79. The molecule has 2 aromatic rings. The van der Waals surface area contributed by atoms with Crippen LogP contribution < -0.4 is 5.32 Å². The van der Waals surface area contributed by atoms with Gasteiger partial charge in [0, 0.05) is 5.69 Å². The number of hydrogen-bond acceptors (Lipinski definition) is 6. The highest BCUT2D eigenvalue weighted by molar-refractivity contribution is 7.15. The Bertz CT molecular complexity index is 705. The first kappa shape index (κ1) is 16.2. The maximum atomic E-state index is 12.3. The lowest BCUT2D eigenvalue weighted by Crippen LogP contribution is -2.14. The molecule has 0 fully saturated rings. The van der Waals surface area contributed by atoms with Crippen molar-refractivity contribution in [3.63, 3.8) is 0 Å². The van der Waals surface area contributed by atoms with Crippen molar-refractivity contribution in [2.24, 2.45) is 0 Å². The molecule has 2 heterocycles. The second kappa shape index (κ2) is 6.69. The van der Waals surface area contributed by atoms with Crippen LogP contribution in [-0.2, 0) is 11.2 Å². The molecule has 0 saturated carbocycles. The highest BCUT2D eigenvalue weighted by atomic mass is 32.1. The van der Waals surface area contributed by atoms with Gasteiger partial charge in [-0.3, -0.25) is 10.1 Å². The van der Waals surface area contributed by atoms with Gasteiger partial charge in [0.2, 0.25) is 5.13 Å². The lowest BCUT2D eigenvalue weighted by molar-refractivity contribution is 0.0525. The third kappa shape index (κ3) is 3.16. The quantitative estimate of drug-likeness (QED) is 0.824. The number of amides is 1. The summed E-state index contributed by atoms with van der Waals surface area (Å²) in [5.74, 6) is -0.785. The Morgan fingerprint density at radius 3 is 2.59 bits per heavy atom. The molecule has 8 heteroatoms. The third-order valence-electron chi connectivity index (χ3n) is 3.13. The lowest BCUT2D eigenvalue weighted by Gasteiger charge is -2.03. The average Bonchev–Trinajstić information content (AvgIpc) is 3.03. The number of aryl methyl sites for hydroxylation is 2. The van der Waals surface area contributed by atoms with Crippen LogP contribution in [-0.4, -0.2) is 33.7 Å². The fourth-order valence-electron chi connectivity index (χ4n) is 2.09. The number of nitrogens with zero attached hydrogens (tertiary/aromatic N) is 2. The smallest absolute Gasteiger partial charge is 0.340 e. The summed E-state index contributed by atoms with van der Waals surface area (Å²) in [5.41, 5.74) is 1.90. The molecule has 0 aromatic carbocycles. The Kier molecular flexibility index (Phi) is 4.92. The molecule has 0 aliphatic rings. The molecular weight excluding hydrogens is 304 g/mol. The van der Waals surface area contributed by atoms with Crippen LogP contribution in [0.5, 0.6) is 0 Å². The molecule has 0 spiro atoms. The minimum atomic E-state index is -0.433. The monoisotopic (exact) mass is 322 g/mol. The van der Waals surface area contributed by atoms with Gasteiger partial charge >= 0.3 is 5.97 Å². The predicted molar refractivity (Wildman–Crippen MR) is 83.5 cm³/mol. The van der Waals surface area contributed by atoms with Crippen LogP contribution in [0.25, 0.3) is 0 Å². The number of anilines is 1. The van der Waals surface area contributed by atoms with Gasteiger partial charge in [0.15, 0.2) is 0 Å². The van der Waals surface area contributed by atoms with Crippen LogP contribution in [0.2, 0.25) is 0 Å². The topological polar surface area (TPSA) is 97.0 Å². The van der Waals surface area contributed by atoms with E-state index < -0.39 is 5.97 Å². The number of nitrogens with one attached hydrogen (secondary N) is 2. The molecule has 0 unspecified atom stereocenters. The van der Waals surface area contributed by atoms with Gasteiger partial charge in [-0.2, -0.15) is 0 Å². The van der Waals surface area contributed by atoms with E-state index in [1.165, 1.54) is 11.3 Å². The van der Waals surface area contributed by atoms with Crippen molar-refractivity contribution in [2.75, 3.05) is 11.9 Å². The van der Waals surface area contributed by atoms with Crippen molar-refractivity contribution in [1.82, 2.24) is 15.2 Å². The van der Waals surface area contributed by atoms with Gasteiger partial charge in [0.05, 0.1) is 12.2 Å². The Morgan fingerprint density at radius 1 is 1.27 bits per heavy atom. The summed E-state index contributed by atoms with van der Waals surface area (Å²) >= 11 is 1.33. The molecule has 22 heavy (non-hydrogen) atoms. The van der Waals surface area contributed by atoms with E-state index >= 15 is 0 Å². The predicted octanol–water partition coefficient (Wildman–Crippen LogP) is 2.47. The number of carbonyl (C=O) groups excluding carboxylic acids is 2. The lowest BCUT2D eigenvalue weighted by atomic mass is 10.1. The number of ether oxygens (including phenoxy) is 1. The molecular formula is C14H18N4O3S. The zero-order chi connectivity index (χ0) is 16.3. The van der Waals surface area contributed by atoms with Gasteiger partial charge < -0.3 is 9.72 Å². The van der Waals surface area contributed by atoms with E-state index in [1.807, 2.05) is 6.92 Å². The SMILES string of the molecule is CCOC(=O)c1c(C)[nH]c(C(=O)Nc2nnc(CC)s2)c1C. The number of carbonyl (C=O) groups is 2. The molecule has 0 radical (unpaired) electrons. The van der Waals surface area contributed by atoms with Gasteiger partial charge in [-0.25, -0.2) is 4.79 Å². The van der Waals surface area contributed by atoms with E-state index in [1.54, 1.807) is 20.8 Å². The van der Waals surface area contributed by atoms with Crippen molar-refractivity contribution in [3.8, 4) is 0 Å². The maximum absolute atomic E-state index is 12.3. The minimum absolute atomic E-state index is 0.287. The second-order valence-electron chi connectivity index (χ2n) is 4.65. The maximum Gasteiger partial charge on any atom is 0.340 e. The molecule has 0 saturated heterocycles. The van der Waals surface area contributed by atoms with Gasteiger partial charge in [-0.1, -0.05) is 18.3 Å². The van der Waals surface area contributed by atoms with E-state index in [0.717, 1.165) is 11.4 Å². The first-order chi connectivity index (χ1) is 10.5. The van der Waals surface area contributed by atoms with Crippen molar-refractivity contribution < 1.29 is 14.3 Å². The largest absolute Gasteiger partial charge is 0.462 e. The molecule has 0 aliphatic carbocycles. The number of H-pyrrole nitrogens is 1. The average molecular weight is 322 g/mol. The number of esters is 1. The molecule has 1 amide bonds. The van der Waals surface area contributed by atoms with Crippen molar-refractivity contribution >= 4 is 28.3 Å². The zero-order valence-corrected chi connectivity index (χ0v) is 13.8. The first-order valence-electron chi connectivity index (χ1n) is 6.97. The number of aromatic nitrogens is 3. The number of hydrogen-bond donors (Lipinski definition) is 2. The summed E-state index contributed by atoms with van der Waals surface area (Å²) in [7, 11) is 0. The fraction of sp³-hybridized carbons (Fsp3) is 0.429. The van der Waals surface area contributed by atoms with Gasteiger partial charge in [-0.05, 0) is 32.8 Å². The summed E-state index contributed by atoms with van der Waals surface area (Å²) in [6.45, 7) is 7.44. The Hall–Kier alpha value is -2.22. The normalized spacial score (nSPS) is 10.5. The molecule has 2 N–H and O–H groups in total. The van der Waals surface area contributed by atoms with Crippen LogP contribution in [0, 0.1) is 13.8 Å². The van der Waals surface area contributed by atoms with E-state index in [2.05, 4.69) is 20.5 Å². The highest BCUT2D eigenvalue weighted by Crippen LogP contribution is 2.21. The van der Waals surface area contributed by atoms with E-state index in [0.29, 0.717) is 27.6 Å². The number of aromatic amines is 1. The molecule has 0 atom stereocenters. The van der Waals surface area contributed by atoms with Crippen molar-refractivity contribution in [3.05, 3.63) is 27.5 Å². The van der Waals surface area contributed by atoms with Gasteiger partial charge in [0.25, 0.3) is 5.91 Å². The Labute approximate surface area is 132 Å². The summed E-state index contributed by atoms with van der Waals surface area (Å²) in [6, 6.07) is 0. The summed E-state index contributed by atoms with van der Waals surface area (Å²) < 4.78 is 5.01. The molecule has 118 valence electrons. The minimum Gasteiger partial charge on any atom is -0.462 e. The van der Waals surface area contributed by atoms with E-state index in [-0.39, 0.29) is 12.5 Å². The van der Waals surface area contributed by atoms with Crippen LogP contribution in [0.3, 0.4) is 0 Å². The second-order valence-corrected chi connectivity index (χ2v) is 5.72. The van der Waals surface area contributed by atoms with Crippen molar-refractivity contribution in [1.29, 1.82) is 0 Å². The van der Waals surface area contributed by atoms with Crippen LogP contribution >= 0.6 is 11.3 Å². The van der Waals surface area contributed by atoms with Crippen LogP contribution in [0.4, 0.5) is 5.13 Å². The van der Waals surface area contributed by atoms with E-state index in [9.17, 15) is 9.59 Å². The number of rotatable bonds is 5. The summed E-state index contributed by atoms with van der Waals surface area (Å²) in [6.07, 6.45) is 0.765. The fourth-order valence-corrected chi connectivity index (χ4v) is 2.77. The van der Waals surface area contributed by atoms with Gasteiger partial charge in [0.1, 0.15) is 10.7 Å². The van der Waals surface area contributed by atoms with Crippen molar-refractivity contribution in [2.45, 2.75) is 34.1 Å². The zero-order valence-electron chi connectivity index (χ0n) is 12.9. The molecule has 7 nitrogen and oxygen atoms in total. The Balaban J connectivity index is 2.23. The molecule has 0 aliphatic heterocycles. The van der Waals surface area contributed by atoms with Gasteiger partial charge in [-0.15, -0.1) is 10.2 Å². The molecule has 2 rings (SSSR count).